The van der Waals surface area contributed by atoms with E-state index in [2.05, 4.69) is 4.98 Å². The Bertz CT molecular complexity index is 1040. The van der Waals surface area contributed by atoms with Gasteiger partial charge in [-0.25, -0.2) is 4.79 Å². The van der Waals surface area contributed by atoms with Crippen LogP contribution in [-0.2, 0) is 6.54 Å². The molecule has 5 heteroatoms. The number of hydrogen-bond acceptors (Lipinski definition) is 3. The summed E-state index contributed by atoms with van der Waals surface area (Å²) in [6.45, 7) is 6.38. The molecule has 2 aliphatic carbocycles. The zero-order valence-corrected chi connectivity index (χ0v) is 16.2. The lowest BCUT2D eigenvalue weighted by Crippen LogP contribution is -2.40. The van der Waals surface area contributed by atoms with Crippen molar-refractivity contribution in [3.8, 4) is 0 Å². The van der Waals surface area contributed by atoms with E-state index in [-0.39, 0.29) is 11.7 Å². The van der Waals surface area contributed by atoms with Gasteiger partial charge >= 0.3 is 5.69 Å². The quantitative estimate of drug-likeness (QED) is 0.904. The first-order valence-corrected chi connectivity index (χ1v) is 9.91. The number of benzene rings is 1. The standard InChI is InChI=1S/C22H26N2O3/c1-12-10-13(2)17-14(3)18-19(20(25)16(17)11-12)24(22(27)23-21(18)26)9-8-15-6-4-5-7-15/h10-11,14-15H,4-9H2,1-3H3,(H,23,26,27). The van der Waals surface area contributed by atoms with Crippen molar-refractivity contribution in [3.63, 3.8) is 0 Å². The Kier molecular flexibility index (Phi) is 4.41. The van der Waals surface area contributed by atoms with Gasteiger partial charge < -0.3 is 0 Å². The molecule has 1 aromatic carbocycles. The smallest absolute Gasteiger partial charge is 0.290 e. The average molecular weight is 366 g/mol. The van der Waals surface area contributed by atoms with Crippen LogP contribution in [-0.4, -0.2) is 15.3 Å². The number of aromatic nitrogens is 2. The summed E-state index contributed by atoms with van der Waals surface area (Å²) < 4.78 is 1.52. The van der Waals surface area contributed by atoms with Gasteiger partial charge in [0.25, 0.3) is 5.56 Å². The van der Waals surface area contributed by atoms with Crippen LogP contribution in [0.25, 0.3) is 0 Å². The monoisotopic (exact) mass is 366 g/mol. The van der Waals surface area contributed by atoms with Gasteiger partial charge in [0.1, 0.15) is 5.69 Å². The zero-order chi connectivity index (χ0) is 19.3. The van der Waals surface area contributed by atoms with Gasteiger partial charge in [-0.2, -0.15) is 0 Å². The maximum atomic E-state index is 13.4. The Hall–Kier alpha value is -2.43. The number of carbonyl (C=O) groups excluding carboxylic acids is 1. The molecule has 2 aliphatic rings. The third-order valence-corrected chi connectivity index (χ3v) is 6.33. The van der Waals surface area contributed by atoms with Crippen molar-refractivity contribution in [2.24, 2.45) is 5.92 Å². The predicted octanol–water partition coefficient (Wildman–Crippen LogP) is 3.43. The van der Waals surface area contributed by atoms with Crippen LogP contribution < -0.4 is 11.2 Å². The van der Waals surface area contributed by atoms with E-state index < -0.39 is 11.2 Å². The fourth-order valence-corrected chi connectivity index (χ4v) is 5.07. The largest absolute Gasteiger partial charge is 0.328 e. The van der Waals surface area contributed by atoms with Gasteiger partial charge in [-0.15, -0.1) is 0 Å². The minimum atomic E-state index is -0.467. The highest BCUT2D eigenvalue weighted by Crippen LogP contribution is 2.37. The molecule has 0 bridgehead atoms. The molecule has 2 aromatic rings. The maximum Gasteiger partial charge on any atom is 0.328 e. The second-order valence-electron chi connectivity index (χ2n) is 8.21. The average Bonchev–Trinajstić information content (AvgIpc) is 3.11. The Morgan fingerprint density at radius 3 is 2.48 bits per heavy atom. The van der Waals surface area contributed by atoms with Crippen molar-refractivity contribution in [2.75, 3.05) is 0 Å². The van der Waals surface area contributed by atoms with E-state index in [1.807, 2.05) is 32.9 Å². The maximum absolute atomic E-state index is 13.4. The van der Waals surface area contributed by atoms with E-state index in [9.17, 15) is 14.4 Å². The zero-order valence-electron chi connectivity index (χ0n) is 16.2. The summed E-state index contributed by atoms with van der Waals surface area (Å²) in [4.78, 5) is 41.0. The molecule has 4 rings (SSSR count). The molecule has 1 unspecified atom stereocenters. The first-order chi connectivity index (χ1) is 12.9. The summed E-state index contributed by atoms with van der Waals surface area (Å²) in [6.07, 6.45) is 5.73. The third-order valence-electron chi connectivity index (χ3n) is 6.33. The second kappa shape index (κ2) is 6.63. The lowest BCUT2D eigenvalue weighted by molar-refractivity contribution is 0.102. The van der Waals surface area contributed by atoms with Crippen LogP contribution in [0.3, 0.4) is 0 Å². The summed E-state index contributed by atoms with van der Waals surface area (Å²) in [5, 5.41) is 0. The van der Waals surface area contributed by atoms with Crippen LogP contribution in [0.5, 0.6) is 0 Å². The summed E-state index contributed by atoms with van der Waals surface area (Å²) in [7, 11) is 0. The summed E-state index contributed by atoms with van der Waals surface area (Å²) >= 11 is 0. The summed E-state index contributed by atoms with van der Waals surface area (Å²) in [6, 6.07) is 3.93. The van der Waals surface area contributed by atoms with Crippen LogP contribution in [0.15, 0.2) is 21.7 Å². The Morgan fingerprint density at radius 1 is 1.07 bits per heavy atom. The number of ketones is 1. The number of aryl methyl sites for hydroxylation is 2. The van der Waals surface area contributed by atoms with Crippen LogP contribution in [0.4, 0.5) is 0 Å². The fourth-order valence-electron chi connectivity index (χ4n) is 5.07. The van der Waals surface area contributed by atoms with Crippen molar-refractivity contribution < 1.29 is 4.79 Å². The molecule has 1 fully saturated rings. The van der Waals surface area contributed by atoms with E-state index in [0.717, 1.165) is 23.1 Å². The van der Waals surface area contributed by atoms with Gasteiger partial charge in [-0.05, 0) is 43.4 Å². The molecular formula is C22H26N2O3. The van der Waals surface area contributed by atoms with Gasteiger partial charge in [-0.3, -0.25) is 19.1 Å². The van der Waals surface area contributed by atoms with Crippen molar-refractivity contribution in [1.29, 1.82) is 0 Å². The minimum Gasteiger partial charge on any atom is -0.290 e. The van der Waals surface area contributed by atoms with Gasteiger partial charge in [-0.1, -0.05) is 44.2 Å². The summed E-state index contributed by atoms with van der Waals surface area (Å²) in [5.74, 6) is 0.197. The molecular weight excluding hydrogens is 340 g/mol. The predicted molar refractivity (Wildman–Crippen MR) is 105 cm³/mol. The van der Waals surface area contributed by atoms with Crippen molar-refractivity contribution >= 4 is 5.78 Å². The number of fused-ring (bicyclic) bond motifs is 2. The second-order valence-corrected chi connectivity index (χ2v) is 8.21. The van der Waals surface area contributed by atoms with E-state index in [4.69, 9.17) is 0 Å². The lowest BCUT2D eigenvalue weighted by atomic mass is 9.78. The molecule has 1 atom stereocenters. The molecule has 0 aliphatic heterocycles. The van der Waals surface area contributed by atoms with Gasteiger partial charge in [0.2, 0.25) is 5.78 Å². The Morgan fingerprint density at radius 2 is 1.78 bits per heavy atom. The molecule has 142 valence electrons. The first-order valence-electron chi connectivity index (χ1n) is 9.91. The number of aromatic amines is 1. The lowest BCUT2D eigenvalue weighted by Gasteiger charge is -2.28. The Balaban J connectivity index is 1.87. The number of carbonyl (C=O) groups is 1. The van der Waals surface area contributed by atoms with Gasteiger partial charge in [0.15, 0.2) is 0 Å². The van der Waals surface area contributed by atoms with Crippen molar-refractivity contribution in [2.45, 2.75) is 65.3 Å². The highest BCUT2D eigenvalue weighted by Gasteiger charge is 2.35. The molecule has 27 heavy (non-hydrogen) atoms. The van der Waals surface area contributed by atoms with Gasteiger partial charge in [0.05, 0.1) is 5.56 Å². The van der Waals surface area contributed by atoms with Crippen LogP contribution >= 0.6 is 0 Å². The van der Waals surface area contributed by atoms with Crippen molar-refractivity contribution in [3.05, 3.63) is 66.5 Å². The molecule has 1 heterocycles. The van der Waals surface area contributed by atoms with Crippen LogP contribution in [0.2, 0.25) is 0 Å². The topological polar surface area (TPSA) is 71.9 Å². The molecule has 5 nitrogen and oxygen atoms in total. The van der Waals surface area contributed by atoms with Crippen molar-refractivity contribution in [1.82, 2.24) is 9.55 Å². The number of rotatable bonds is 3. The highest BCUT2D eigenvalue weighted by molar-refractivity contribution is 6.12. The molecule has 0 radical (unpaired) electrons. The molecule has 0 amide bonds. The number of nitrogens with one attached hydrogen (secondary N) is 1. The summed E-state index contributed by atoms with van der Waals surface area (Å²) in [5.41, 5.74) is 3.40. The van der Waals surface area contributed by atoms with Crippen LogP contribution in [0, 0.1) is 19.8 Å². The normalized spacial score (nSPS) is 19.2. The molecule has 0 spiro atoms. The number of hydrogen-bond donors (Lipinski definition) is 1. The fraction of sp³-hybridized carbons (Fsp3) is 0.500. The molecule has 0 saturated heterocycles. The first kappa shape index (κ1) is 18.0. The van der Waals surface area contributed by atoms with Gasteiger partial charge in [0, 0.05) is 18.0 Å². The highest BCUT2D eigenvalue weighted by atomic mass is 16.2. The van der Waals surface area contributed by atoms with E-state index in [0.29, 0.717) is 29.3 Å². The minimum absolute atomic E-state index is 0.195. The number of H-pyrrole nitrogens is 1. The Labute approximate surface area is 158 Å². The molecule has 1 N–H and O–H groups in total. The van der Waals surface area contributed by atoms with E-state index in [1.54, 1.807) is 0 Å². The SMILES string of the molecule is Cc1cc(C)c2c(c1)C(=O)c1c(c(=O)[nH]c(=O)n1CCC1CCCC1)C2C. The van der Waals surface area contributed by atoms with E-state index >= 15 is 0 Å². The molecule has 1 saturated carbocycles. The number of nitrogens with zero attached hydrogens (tertiary/aromatic N) is 1. The van der Waals surface area contributed by atoms with Crippen LogP contribution in [0.1, 0.15) is 83.3 Å². The molecule has 1 aromatic heterocycles. The third kappa shape index (κ3) is 2.89. The van der Waals surface area contributed by atoms with E-state index in [1.165, 1.54) is 30.3 Å².